The third-order valence-corrected chi connectivity index (χ3v) is 5.52. The first-order valence-corrected chi connectivity index (χ1v) is 10.6. The Labute approximate surface area is 181 Å². The maximum Gasteiger partial charge on any atom is 0.263 e. The Hall–Kier alpha value is -3.45. The molecule has 7 heteroatoms. The molecule has 3 aromatic rings. The van der Waals surface area contributed by atoms with E-state index in [0.29, 0.717) is 29.5 Å². The van der Waals surface area contributed by atoms with Crippen LogP contribution in [-0.2, 0) is 6.54 Å². The molecule has 1 fully saturated rings. The lowest BCUT2D eigenvalue weighted by molar-refractivity contribution is 0.102. The van der Waals surface area contributed by atoms with Crippen molar-refractivity contribution in [2.45, 2.75) is 26.3 Å². The first-order valence-electron chi connectivity index (χ1n) is 10.6. The Morgan fingerprint density at radius 3 is 2.71 bits per heavy atom. The molecule has 1 amide bonds. The van der Waals surface area contributed by atoms with E-state index in [-0.39, 0.29) is 11.1 Å². The minimum absolute atomic E-state index is 0.178. The fourth-order valence-corrected chi connectivity index (χ4v) is 3.85. The van der Waals surface area contributed by atoms with Gasteiger partial charge in [-0.2, -0.15) is 0 Å². The van der Waals surface area contributed by atoms with Crippen molar-refractivity contribution in [1.82, 2.24) is 14.9 Å². The van der Waals surface area contributed by atoms with Gasteiger partial charge in [0.1, 0.15) is 11.4 Å². The highest BCUT2D eigenvalue weighted by atomic mass is 16.2. The number of carbonyl (C=O) groups excluding carboxylic acids is 1. The van der Waals surface area contributed by atoms with Crippen molar-refractivity contribution in [2.24, 2.45) is 5.92 Å². The predicted molar refractivity (Wildman–Crippen MR) is 123 cm³/mol. The zero-order chi connectivity index (χ0) is 21.6. The molecule has 3 heterocycles. The molecule has 1 aliphatic rings. The second-order valence-corrected chi connectivity index (χ2v) is 7.92. The summed E-state index contributed by atoms with van der Waals surface area (Å²) in [6, 6.07) is 15.1. The second kappa shape index (κ2) is 9.57. The Kier molecular flexibility index (Phi) is 6.43. The van der Waals surface area contributed by atoms with Gasteiger partial charge in [0.05, 0.1) is 11.9 Å². The zero-order valence-corrected chi connectivity index (χ0v) is 17.6. The molecule has 1 saturated heterocycles. The van der Waals surface area contributed by atoms with Crippen LogP contribution in [0.4, 0.5) is 17.2 Å². The normalized spacial score (nSPS) is 16.0. The van der Waals surface area contributed by atoms with Crippen molar-refractivity contribution < 1.29 is 4.79 Å². The highest BCUT2D eigenvalue weighted by molar-refractivity contribution is 6.04. The van der Waals surface area contributed by atoms with Gasteiger partial charge in [-0.3, -0.25) is 9.59 Å². The molecule has 31 heavy (non-hydrogen) atoms. The summed E-state index contributed by atoms with van der Waals surface area (Å²) in [5.74, 6) is 0.659. The van der Waals surface area contributed by atoms with E-state index in [1.54, 1.807) is 36.0 Å². The number of para-hydroxylation sites is 1. The summed E-state index contributed by atoms with van der Waals surface area (Å²) in [6.45, 7) is 4.33. The number of hydrogen-bond acceptors (Lipinski definition) is 5. The molecule has 7 nitrogen and oxygen atoms in total. The number of aryl methyl sites for hydroxylation is 1. The van der Waals surface area contributed by atoms with Crippen molar-refractivity contribution in [3.63, 3.8) is 0 Å². The van der Waals surface area contributed by atoms with Crippen LogP contribution in [0, 0.1) is 12.8 Å². The topological polar surface area (TPSA) is 88.0 Å². The fraction of sp³-hybridized carbons (Fsp3) is 0.292. The van der Waals surface area contributed by atoms with Crippen molar-refractivity contribution in [3.8, 4) is 0 Å². The van der Waals surface area contributed by atoms with Crippen LogP contribution in [0.3, 0.4) is 0 Å². The van der Waals surface area contributed by atoms with Crippen molar-refractivity contribution in [2.75, 3.05) is 23.7 Å². The standard InChI is InChI=1S/C24H27N5O2/c1-17-11-13-29(16-18-6-5-12-25-14-18)24(31)22(17)23(30)28-20-9-10-21(26-15-20)27-19-7-3-2-4-8-19/h2-4,7-11,13,15,18,25H,5-6,12,14,16H2,1H3,(H,26,27)(H,28,30). The fourth-order valence-electron chi connectivity index (χ4n) is 3.85. The molecule has 1 atom stereocenters. The maximum atomic E-state index is 13.0. The lowest BCUT2D eigenvalue weighted by Gasteiger charge is -2.23. The summed E-state index contributed by atoms with van der Waals surface area (Å²) in [5, 5.41) is 9.37. The average molecular weight is 418 g/mol. The van der Waals surface area contributed by atoms with Crippen LogP contribution in [0.2, 0.25) is 0 Å². The molecule has 2 aromatic heterocycles. The van der Waals surface area contributed by atoms with Crippen molar-refractivity contribution in [1.29, 1.82) is 0 Å². The number of aromatic nitrogens is 2. The lowest BCUT2D eigenvalue weighted by atomic mass is 9.99. The smallest absolute Gasteiger partial charge is 0.263 e. The van der Waals surface area contributed by atoms with Crippen LogP contribution < -0.4 is 21.5 Å². The third kappa shape index (κ3) is 5.19. The quantitative estimate of drug-likeness (QED) is 0.571. The van der Waals surface area contributed by atoms with E-state index in [9.17, 15) is 9.59 Å². The molecule has 0 bridgehead atoms. The number of rotatable bonds is 6. The summed E-state index contributed by atoms with van der Waals surface area (Å²) < 4.78 is 1.66. The van der Waals surface area contributed by atoms with E-state index in [1.165, 1.54) is 0 Å². The van der Waals surface area contributed by atoms with Crippen LogP contribution in [0.1, 0.15) is 28.8 Å². The molecule has 0 radical (unpaired) electrons. The minimum atomic E-state index is -0.413. The van der Waals surface area contributed by atoms with Gasteiger partial charge in [0.15, 0.2) is 0 Å². The van der Waals surface area contributed by atoms with Gasteiger partial charge in [-0.1, -0.05) is 18.2 Å². The maximum absolute atomic E-state index is 13.0. The molecule has 0 spiro atoms. The first kappa shape index (κ1) is 20.8. The Morgan fingerprint density at radius 1 is 1.16 bits per heavy atom. The van der Waals surface area contributed by atoms with Gasteiger partial charge < -0.3 is 20.5 Å². The van der Waals surface area contributed by atoms with E-state index >= 15 is 0 Å². The Bertz CT molecular complexity index is 1090. The zero-order valence-electron chi connectivity index (χ0n) is 17.6. The molecule has 3 N–H and O–H groups in total. The number of carbonyl (C=O) groups is 1. The minimum Gasteiger partial charge on any atom is -0.340 e. The Morgan fingerprint density at radius 2 is 2.00 bits per heavy atom. The van der Waals surface area contributed by atoms with E-state index in [0.717, 1.165) is 31.6 Å². The summed E-state index contributed by atoms with van der Waals surface area (Å²) >= 11 is 0. The molecular formula is C24H27N5O2. The summed E-state index contributed by atoms with van der Waals surface area (Å²) in [4.78, 5) is 30.2. The molecule has 1 aromatic carbocycles. The second-order valence-electron chi connectivity index (χ2n) is 7.92. The number of anilines is 3. The van der Waals surface area contributed by atoms with Gasteiger partial charge in [0.2, 0.25) is 0 Å². The highest BCUT2D eigenvalue weighted by Gasteiger charge is 2.19. The van der Waals surface area contributed by atoms with Crippen LogP contribution in [0.15, 0.2) is 65.7 Å². The van der Waals surface area contributed by atoms with Gasteiger partial charge in [-0.15, -0.1) is 0 Å². The number of pyridine rings is 2. The first-order chi connectivity index (χ1) is 15.1. The molecular weight excluding hydrogens is 390 g/mol. The monoisotopic (exact) mass is 417 g/mol. The molecule has 4 rings (SSSR count). The summed E-state index contributed by atoms with van der Waals surface area (Å²) in [6.07, 6.45) is 5.56. The van der Waals surface area contributed by atoms with Crippen molar-refractivity contribution in [3.05, 3.63) is 82.4 Å². The number of hydrogen-bond donors (Lipinski definition) is 3. The summed E-state index contributed by atoms with van der Waals surface area (Å²) in [5.41, 5.74) is 2.06. The van der Waals surface area contributed by atoms with E-state index in [1.807, 2.05) is 36.4 Å². The number of nitrogens with one attached hydrogen (secondary N) is 3. The SMILES string of the molecule is Cc1ccn(CC2CCCNC2)c(=O)c1C(=O)Nc1ccc(Nc2ccccc2)nc1. The number of amides is 1. The number of nitrogens with zero attached hydrogens (tertiary/aromatic N) is 2. The molecule has 0 aliphatic carbocycles. The molecule has 160 valence electrons. The lowest BCUT2D eigenvalue weighted by Crippen LogP contribution is -2.36. The van der Waals surface area contributed by atoms with E-state index < -0.39 is 5.91 Å². The van der Waals surface area contributed by atoms with Crippen LogP contribution in [0.5, 0.6) is 0 Å². The average Bonchev–Trinajstić information content (AvgIpc) is 2.79. The number of benzene rings is 1. The predicted octanol–water partition coefficient (Wildman–Crippen LogP) is 3.55. The van der Waals surface area contributed by atoms with Gasteiger partial charge in [-0.25, -0.2) is 4.98 Å². The largest absolute Gasteiger partial charge is 0.340 e. The van der Waals surface area contributed by atoms with Crippen LogP contribution >= 0.6 is 0 Å². The molecule has 1 aliphatic heterocycles. The third-order valence-electron chi connectivity index (χ3n) is 5.52. The van der Waals surface area contributed by atoms with Crippen molar-refractivity contribution >= 4 is 23.1 Å². The van der Waals surface area contributed by atoms with Crippen LogP contribution in [-0.4, -0.2) is 28.5 Å². The van der Waals surface area contributed by atoms with Gasteiger partial charge in [0, 0.05) is 18.4 Å². The number of piperidine rings is 1. The Balaban J connectivity index is 1.46. The molecule has 0 saturated carbocycles. The van der Waals surface area contributed by atoms with Gasteiger partial charge in [0.25, 0.3) is 11.5 Å². The molecule has 1 unspecified atom stereocenters. The van der Waals surface area contributed by atoms with Gasteiger partial charge >= 0.3 is 0 Å². The van der Waals surface area contributed by atoms with E-state index in [2.05, 4.69) is 20.9 Å². The van der Waals surface area contributed by atoms with Crippen LogP contribution in [0.25, 0.3) is 0 Å². The van der Waals surface area contributed by atoms with Gasteiger partial charge in [-0.05, 0) is 74.7 Å². The van der Waals surface area contributed by atoms with E-state index in [4.69, 9.17) is 0 Å². The summed E-state index contributed by atoms with van der Waals surface area (Å²) in [7, 11) is 0. The highest BCUT2D eigenvalue weighted by Crippen LogP contribution is 2.17.